The number of aromatic nitrogens is 1. The number of halogens is 2. The van der Waals surface area contributed by atoms with E-state index in [4.69, 9.17) is 4.74 Å². The summed E-state index contributed by atoms with van der Waals surface area (Å²) in [5.74, 6) is -2.15. The third-order valence-electron chi connectivity index (χ3n) is 2.55. The van der Waals surface area contributed by atoms with E-state index in [-0.39, 0.29) is 28.5 Å². The molecule has 0 amide bonds. The van der Waals surface area contributed by atoms with Crippen molar-refractivity contribution in [2.24, 2.45) is 0 Å². The van der Waals surface area contributed by atoms with Gasteiger partial charge in [0.25, 0.3) is 0 Å². The van der Waals surface area contributed by atoms with Gasteiger partial charge < -0.3 is 9.47 Å². The van der Waals surface area contributed by atoms with Crippen molar-refractivity contribution in [3.63, 3.8) is 0 Å². The van der Waals surface area contributed by atoms with Gasteiger partial charge in [-0.05, 0) is 13.8 Å². The van der Waals surface area contributed by atoms with Gasteiger partial charge in [-0.15, -0.1) is 0 Å². The van der Waals surface area contributed by atoms with E-state index in [9.17, 15) is 13.6 Å². The first kappa shape index (κ1) is 14.2. The Balaban J connectivity index is 2.74. The molecule has 0 bridgehead atoms. The highest BCUT2D eigenvalue weighted by Crippen LogP contribution is 2.30. The molecule has 0 spiro atoms. The van der Waals surface area contributed by atoms with Crippen molar-refractivity contribution in [3.05, 3.63) is 35.5 Å². The maximum Gasteiger partial charge on any atom is 0.356 e. The minimum atomic E-state index is -0.792. The van der Waals surface area contributed by atoms with Crippen molar-refractivity contribution in [2.45, 2.75) is 20.0 Å². The van der Waals surface area contributed by atoms with Crippen LogP contribution in [0.15, 0.2) is 18.2 Å². The molecule has 0 aliphatic rings. The van der Waals surface area contributed by atoms with E-state index in [1.54, 1.807) is 13.8 Å². The molecule has 2 rings (SSSR count). The standard InChI is InChI=1S/C14H13F2NO3/c1-7(2)20-12-6-11(14(18)19-3)17-10-5-8(15)4-9(16)13(10)12/h4-7H,1-3H3. The number of rotatable bonds is 3. The topological polar surface area (TPSA) is 48.4 Å². The number of benzene rings is 1. The van der Waals surface area contributed by atoms with Crippen LogP contribution in [-0.4, -0.2) is 24.2 Å². The van der Waals surface area contributed by atoms with Crippen LogP contribution in [-0.2, 0) is 4.74 Å². The fourth-order valence-electron chi connectivity index (χ4n) is 1.81. The van der Waals surface area contributed by atoms with Crippen molar-refractivity contribution in [2.75, 3.05) is 7.11 Å². The molecule has 106 valence electrons. The van der Waals surface area contributed by atoms with E-state index in [1.165, 1.54) is 13.2 Å². The molecule has 20 heavy (non-hydrogen) atoms. The molecular weight excluding hydrogens is 268 g/mol. The quantitative estimate of drug-likeness (QED) is 0.811. The van der Waals surface area contributed by atoms with Crippen LogP contribution < -0.4 is 4.74 Å². The SMILES string of the molecule is COC(=O)c1cc(OC(C)C)c2c(F)cc(F)cc2n1. The first-order chi connectivity index (χ1) is 9.42. The summed E-state index contributed by atoms with van der Waals surface area (Å²) in [4.78, 5) is 15.4. The molecule has 4 nitrogen and oxygen atoms in total. The lowest BCUT2D eigenvalue weighted by molar-refractivity contribution is 0.0593. The van der Waals surface area contributed by atoms with Crippen molar-refractivity contribution >= 4 is 16.9 Å². The van der Waals surface area contributed by atoms with E-state index in [0.717, 1.165) is 12.1 Å². The molecular formula is C14H13F2NO3. The van der Waals surface area contributed by atoms with Crippen LogP contribution in [0.2, 0.25) is 0 Å². The van der Waals surface area contributed by atoms with Crippen LogP contribution in [0.4, 0.5) is 8.78 Å². The van der Waals surface area contributed by atoms with Crippen molar-refractivity contribution in [1.29, 1.82) is 0 Å². The Bertz CT molecular complexity index is 671. The summed E-state index contributed by atoms with van der Waals surface area (Å²) in [5.41, 5.74) is -0.0679. The number of nitrogens with zero attached hydrogens (tertiary/aromatic N) is 1. The predicted octanol–water partition coefficient (Wildman–Crippen LogP) is 3.09. The molecule has 0 saturated heterocycles. The molecule has 0 saturated carbocycles. The van der Waals surface area contributed by atoms with Crippen molar-refractivity contribution in [1.82, 2.24) is 4.98 Å². The largest absolute Gasteiger partial charge is 0.490 e. The Kier molecular flexibility index (Phi) is 3.83. The van der Waals surface area contributed by atoms with E-state index < -0.39 is 17.6 Å². The normalized spacial score (nSPS) is 10.9. The highest BCUT2D eigenvalue weighted by molar-refractivity contribution is 5.94. The number of fused-ring (bicyclic) bond motifs is 1. The predicted molar refractivity (Wildman–Crippen MR) is 68.8 cm³/mol. The van der Waals surface area contributed by atoms with Gasteiger partial charge in [-0.25, -0.2) is 18.6 Å². The summed E-state index contributed by atoms with van der Waals surface area (Å²) in [6.45, 7) is 3.51. The molecule has 0 aliphatic carbocycles. The zero-order chi connectivity index (χ0) is 14.9. The smallest absolute Gasteiger partial charge is 0.356 e. The summed E-state index contributed by atoms with van der Waals surface area (Å²) in [7, 11) is 1.20. The number of hydrogen-bond donors (Lipinski definition) is 0. The summed E-state index contributed by atoms with van der Waals surface area (Å²) < 4.78 is 37.2. The number of methoxy groups -OCH3 is 1. The molecule has 0 atom stereocenters. The van der Waals surface area contributed by atoms with Crippen molar-refractivity contribution < 1.29 is 23.0 Å². The monoisotopic (exact) mass is 281 g/mol. The van der Waals surface area contributed by atoms with Crippen LogP contribution in [0.1, 0.15) is 24.3 Å². The van der Waals surface area contributed by atoms with Crippen LogP contribution >= 0.6 is 0 Å². The van der Waals surface area contributed by atoms with Crippen LogP contribution in [0.25, 0.3) is 10.9 Å². The fourth-order valence-corrected chi connectivity index (χ4v) is 1.81. The zero-order valence-corrected chi connectivity index (χ0v) is 11.2. The van der Waals surface area contributed by atoms with E-state index >= 15 is 0 Å². The van der Waals surface area contributed by atoms with E-state index in [1.807, 2.05) is 0 Å². The average molecular weight is 281 g/mol. The Labute approximate surface area is 114 Å². The summed E-state index contributed by atoms with van der Waals surface area (Å²) in [6, 6.07) is 3.07. The minimum absolute atomic E-state index is 0.000972. The lowest BCUT2D eigenvalue weighted by Gasteiger charge is -2.14. The van der Waals surface area contributed by atoms with E-state index in [2.05, 4.69) is 9.72 Å². The van der Waals surface area contributed by atoms with Gasteiger partial charge in [0.15, 0.2) is 5.69 Å². The molecule has 6 heteroatoms. The maximum atomic E-state index is 13.9. The van der Waals surface area contributed by atoms with Gasteiger partial charge in [-0.3, -0.25) is 0 Å². The third-order valence-corrected chi connectivity index (χ3v) is 2.55. The molecule has 2 aromatic rings. The zero-order valence-electron chi connectivity index (χ0n) is 11.2. The highest BCUT2D eigenvalue weighted by Gasteiger charge is 2.17. The number of carbonyl (C=O) groups is 1. The molecule has 0 unspecified atom stereocenters. The Morgan fingerprint density at radius 3 is 2.55 bits per heavy atom. The van der Waals surface area contributed by atoms with Gasteiger partial charge in [-0.1, -0.05) is 0 Å². The second-order valence-electron chi connectivity index (χ2n) is 4.45. The van der Waals surface area contributed by atoms with Gasteiger partial charge in [0, 0.05) is 18.2 Å². The highest BCUT2D eigenvalue weighted by atomic mass is 19.1. The summed E-state index contributed by atoms with van der Waals surface area (Å²) in [6.07, 6.45) is -0.240. The number of hydrogen-bond acceptors (Lipinski definition) is 4. The molecule has 1 aromatic carbocycles. The number of carbonyl (C=O) groups excluding carboxylic acids is 1. The lowest BCUT2D eigenvalue weighted by atomic mass is 10.1. The maximum absolute atomic E-state index is 13.9. The number of pyridine rings is 1. The molecule has 1 heterocycles. The third kappa shape index (κ3) is 2.68. The van der Waals surface area contributed by atoms with E-state index in [0.29, 0.717) is 0 Å². The van der Waals surface area contributed by atoms with Gasteiger partial charge in [-0.2, -0.15) is 0 Å². The van der Waals surface area contributed by atoms with Gasteiger partial charge in [0.05, 0.1) is 24.1 Å². The first-order valence-electron chi connectivity index (χ1n) is 5.97. The Morgan fingerprint density at radius 2 is 1.95 bits per heavy atom. The average Bonchev–Trinajstić information content (AvgIpc) is 2.35. The molecule has 1 aromatic heterocycles. The van der Waals surface area contributed by atoms with Crippen molar-refractivity contribution in [3.8, 4) is 5.75 Å². The summed E-state index contributed by atoms with van der Waals surface area (Å²) in [5, 5.41) is 0.0350. The van der Waals surface area contributed by atoms with Crippen LogP contribution in [0.3, 0.4) is 0 Å². The molecule has 0 aliphatic heterocycles. The Hall–Kier alpha value is -2.24. The van der Waals surface area contributed by atoms with Crippen LogP contribution in [0, 0.1) is 11.6 Å². The lowest BCUT2D eigenvalue weighted by Crippen LogP contribution is -2.10. The molecule has 0 N–H and O–H groups in total. The Morgan fingerprint density at radius 1 is 1.25 bits per heavy atom. The number of ether oxygens (including phenoxy) is 2. The summed E-state index contributed by atoms with van der Waals surface area (Å²) >= 11 is 0. The molecule has 0 radical (unpaired) electrons. The fraction of sp³-hybridized carbons (Fsp3) is 0.286. The first-order valence-corrected chi connectivity index (χ1v) is 5.97. The van der Waals surface area contributed by atoms with Gasteiger partial charge >= 0.3 is 5.97 Å². The van der Waals surface area contributed by atoms with Gasteiger partial charge in [0.2, 0.25) is 0 Å². The molecule has 0 fully saturated rings. The second kappa shape index (κ2) is 5.40. The number of esters is 1. The second-order valence-corrected chi connectivity index (χ2v) is 4.45. The van der Waals surface area contributed by atoms with Gasteiger partial charge in [0.1, 0.15) is 17.4 Å². The minimum Gasteiger partial charge on any atom is -0.490 e. The van der Waals surface area contributed by atoms with Crippen LogP contribution in [0.5, 0.6) is 5.75 Å².